The predicted molar refractivity (Wildman–Crippen MR) is 55.8 cm³/mol. The zero-order chi connectivity index (χ0) is 9.97. The van der Waals surface area contributed by atoms with E-state index >= 15 is 0 Å². The minimum Gasteiger partial charge on any atom is -0.333 e. The highest BCUT2D eigenvalue weighted by Gasteiger charge is 2.03. The molecule has 3 N–H and O–H groups in total. The third-order valence-corrected chi connectivity index (χ3v) is 2.69. The van der Waals surface area contributed by atoms with Crippen LogP contribution in [0, 0.1) is 5.82 Å². The van der Waals surface area contributed by atoms with E-state index in [0.29, 0.717) is 6.54 Å². The summed E-state index contributed by atoms with van der Waals surface area (Å²) in [7, 11) is 0. The van der Waals surface area contributed by atoms with Gasteiger partial charge in [-0.3, -0.25) is 0 Å². The molecule has 0 unspecified atom stereocenters. The molecule has 0 atom stereocenters. The minimum atomic E-state index is -0.253. The molecule has 1 aromatic carbocycles. The Hall–Kier alpha value is -1.07. The number of aromatic amines is 1. The molecule has 1 aromatic heterocycles. The van der Waals surface area contributed by atoms with Crippen molar-refractivity contribution in [3.63, 3.8) is 0 Å². The Morgan fingerprint density at radius 1 is 1.50 bits per heavy atom. The highest BCUT2D eigenvalue weighted by molar-refractivity contribution is 7.99. The van der Waals surface area contributed by atoms with Gasteiger partial charge in [0, 0.05) is 12.3 Å². The van der Waals surface area contributed by atoms with Gasteiger partial charge in [-0.1, -0.05) is 11.8 Å². The van der Waals surface area contributed by atoms with Crippen LogP contribution in [0.15, 0.2) is 23.4 Å². The molecule has 0 saturated carbocycles. The Morgan fingerprint density at radius 3 is 3.14 bits per heavy atom. The molecular formula is C9H10FN3S. The lowest BCUT2D eigenvalue weighted by atomic mass is 10.3. The first kappa shape index (κ1) is 9.48. The van der Waals surface area contributed by atoms with Crippen LogP contribution in [0.5, 0.6) is 0 Å². The highest BCUT2D eigenvalue weighted by atomic mass is 32.2. The largest absolute Gasteiger partial charge is 0.333 e. The molecule has 0 aliphatic carbocycles. The van der Waals surface area contributed by atoms with Crippen LogP contribution in [0.1, 0.15) is 0 Å². The molecule has 0 amide bonds. The maximum atomic E-state index is 12.8. The molecular weight excluding hydrogens is 201 g/mol. The fraction of sp³-hybridized carbons (Fsp3) is 0.222. The van der Waals surface area contributed by atoms with Gasteiger partial charge in [0.05, 0.1) is 11.0 Å². The summed E-state index contributed by atoms with van der Waals surface area (Å²) >= 11 is 1.54. The van der Waals surface area contributed by atoms with Crippen LogP contribution in [0.4, 0.5) is 4.39 Å². The van der Waals surface area contributed by atoms with E-state index < -0.39 is 0 Å². The lowest BCUT2D eigenvalue weighted by Crippen LogP contribution is -2.01. The van der Waals surface area contributed by atoms with E-state index in [1.165, 1.54) is 23.9 Å². The van der Waals surface area contributed by atoms with Crippen LogP contribution in [0.3, 0.4) is 0 Å². The van der Waals surface area contributed by atoms with E-state index in [0.717, 1.165) is 21.9 Å². The molecule has 5 heteroatoms. The van der Waals surface area contributed by atoms with Crippen LogP contribution in [-0.4, -0.2) is 22.3 Å². The van der Waals surface area contributed by atoms with E-state index in [1.54, 1.807) is 6.07 Å². The predicted octanol–water partition coefficient (Wildman–Crippen LogP) is 1.75. The molecule has 0 spiro atoms. The van der Waals surface area contributed by atoms with Crippen LogP contribution in [0.2, 0.25) is 0 Å². The average Bonchev–Trinajstić information content (AvgIpc) is 2.56. The summed E-state index contributed by atoms with van der Waals surface area (Å²) in [5.41, 5.74) is 6.88. The first-order chi connectivity index (χ1) is 6.79. The number of nitrogens with two attached hydrogens (primary N) is 1. The molecule has 3 nitrogen and oxygen atoms in total. The Bertz CT molecular complexity index is 441. The van der Waals surface area contributed by atoms with Crippen molar-refractivity contribution in [2.75, 3.05) is 12.3 Å². The summed E-state index contributed by atoms with van der Waals surface area (Å²) in [4.78, 5) is 7.30. The van der Waals surface area contributed by atoms with Gasteiger partial charge < -0.3 is 10.7 Å². The van der Waals surface area contributed by atoms with Gasteiger partial charge in [-0.05, 0) is 18.2 Å². The monoisotopic (exact) mass is 211 g/mol. The fourth-order valence-electron chi connectivity index (χ4n) is 1.18. The molecule has 14 heavy (non-hydrogen) atoms. The number of hydrogen-bond donors (Lipinski definition) is 2. The molecule has 0 aliphatic heterocycles. The number of imidazole rings is 1. The summed E-state index contributed by atoms with van der Waals surface area (Å²) in [6.45, 7) is 0.607. The van der Waals surface area contributed by atoms with Crippen LogP contribution in [-0.2, 0) is 0 Å². The Kier molecular flexibility index (Phi) is 2.69. The van der Waals surface area contributed by atoms with Crippen molar-refractivity contribution in [2.24, 2.45) is 5.73 Å². The topological polar surface area (TPSA) is 54.7 Å². The second-order valence-electron chi connectivity index (χ2n) is 2.84. The SMILES string of the molecule is NCCSc1nc2ccc(F)cc2[nH]1. The van der Waals surface area contributed by atoms with Gasteiger partial charge in [-0.15, -0.1) is 0 Å². The van der Waals surface area contributed by atoms with Gasteiger partial charge in [0.2, 0.25) is 0 Å². The van der Waals surface area contributed by atoms with Crippen molar-refractivity contribution in [1.82, 2.24) is 9.97 Å². The molecule has 0 bridgehead atoms. The van der Waals surface area contributed by atoms with E-state index in [1.807, 2.05) is 0 Å². The van der Waals surface area contributed by atoms with Crippen LogP contribution < -0.4 is 5.73 Å². The average molecular weight is 211 g/mol. The van der Waals surface area contributed by atoms with Crippen molar-refractivity contribution >= 4 is 22.8 Å². The van der Waals surface area contributed by atoms with E-state index in [9.17, 15) is 4.39 Å². The standard InChI is InChI=1S/C9H10FN3S/c10-6-1-2-7-8(5-6)13-9(12-7)14-4-3-11/h1-2,5H,3-4,11H2,(H,12,13). The Morgan fingerprint density at radius 2 is 2.36 bits per heavy atom. The first-order valence-corrected chi connectivity index (χ1v) is 5.26. The van der Waals surface area contributed by atoms with Crippen molar-refractivity contribution < 1.29 is 4.39 Å². The smallest absolute Gasteiger partial charge is 0.166 e. The molecule has 0 fully saturated rings. The second-order valence-corrected chi connectivity index (χ2v) is 3.92. The van der Waals surface area contributed by atoms with Crippen molar-refractivity contribution in [3.05, 3.63) is 24.0 Å². The lowest BCUT2D eigenvalue weighted by molar-refractivity contribution is 0.629. The number of fused-ring (bicyclic) bond motifs is 1. The third-order valence-electron chi connectivity index (χ3n) is 1.78. The van der Waals surface area contributed by atoms with E-state index in [2.05, 4.69) is 9.97 Å². The van der Waals surface area contributed by atoms with Crippen LogP contribution in [0.25, 0.3) is 11.0 Å². The summed E-state index contributed by atoms with van der Waals surface area (Å²) in [6, 6.07) is 4.50. The molecule has 0 aliphatic rings. The van der Waals surface area contributed by atoms with Gasteiger partial charge in [0.25, 0.3) is 0 Å². The summed E-state index contributed by atoms with van der Waals surface area (Å²) in [5.74, 6) is 0.555. The normalized spacial score (nSPS) is 11.0. The zero-order valence-corrected chi connectivity index (χ0v) is 8.27. The number of benzene rings is 1. The van der Waals surface area contributed by atoms with Gasteiger partial charge in [0.1, 0.15) is 5.82 Å². The number of halogens is 1. The third kappa shape index (κ3) is 1.88. The first-order valence-electron chi connectivity index (χ1n) is 4.28. The lowest BCUT2D eigenvalue weighted by Gasteiger charge is -1.90. The summed E-state index contributed by atoms with van der Waals surface area (Å²) in [5, 5.41) is 0.788. The number of hydrogen-bond acceptors (Lipinski definition) is 3. The number of rotatable bonds is 3. The van der Waals surface area contributed by atoms with Gasteiger partial charge in [-0.2, -0.15) is 0 Å². The van der Waals surface area contributed by atoms with E-state index in [-0.39, 0.29) is 5.82 Å². The number of nitrogens with one attached hydrogen (secondary N) is 1. The Labute approximate surface area is 84.9 Å². The quantitative estimate of drug-likeness (QED) is 0.760. The zero-order valence-electron chi connectivity index (χ0n) is 7.46. The van der Waals surface area contributed by atoms with Crippen molar-refractivity contribution in [3.8, 4) is 0 Å². The number of aromatic nitrogens is 2. The molecule has 1 heterocycles. The molecule has 0 radical (unpaired) electrons. The molecule has 74 valence electrons. The molecule has 2 rings (SSSR count). The van der Waals surface area contributed by atoms with Gasteiger partial charge in [-0.25, -0.2) is 9.37 Å². The van der Waals surface area contributed by atoms with Crippen molar-refractivity contribution in [2.45, 2.75) is 5.16 Å². The molecule has 0 saturated heterocycles. The van der Waals surface area contributed by atoms with E-state index in [4.69, 9.17) is 5.73 Å². The van der Waals surface area contributed by atoms with Crippen LogP contribution >= 0.6 is 11.8 Å². The highest BCUT2D eigenvalue weighted by Crippen LogP contribution is 2.19. The fourth-order valence-corrected chi connectivity index (χ4v) is 1.84. The van der Waals surface area contributed by atoms with Gasteiger partial charge >= 0.3 is 0 Å². The summed E-state index contributed by atoms with van der Waals surface area (Å²) in [6.07, 6.45) is 0. The Balaban J connectivity index is 2.32. The number of nitrogens with zero attached hydrogens (tertiary/aromatic N) is 1. The number of H-pyrrole nitrogens is 1. The van der Waals surface area contributed by atoms with Crippen molar-refractivity contribution in [1.29, 1.82) is 0 Å². The number of thioether (sulfide) groups is 1. The minimum absolute atomic E-state index is 0.253. The second kappa shape index (κ2) is 3.98. The maximum Gasteiger partial charge on any atom is 0.166 e. The van der Waals surface area contributed by atoms with Gasteiger partial charge in [0.15, 0.2) is 5.16 Å². The molecule has 2 aromatic rings. The summed E-state index contributed by atoms with van der Waals surface area (Å²) < 4.78 is 12.8. The maximum absolute atomic E-state index is 12.8.